The molecule has 4 aliphatic rings. The van der Waals surface area contributed by atoms with Gasteiger partial charge >= 0.3 is 7.82 Å². The van der Waals surface area contributed by atoms with Crippen LogP contribution in [0.2, 0.25) is 0 Å². The van der Waals surface area contributed by atoms with Crippen LogP contribution in [0.1, 0.15) is 58.9 Å². The molecule has 1 aliphatic carbocycles. The van der Waals surface area contributed by atoms with E-state index in [1.54, 1.807) is 11.0 Å². The molecule has 2 atom stereocenters. The topological polar surface area (TPSA) is 122 Å². The zero-order chi connectivity index (χ0) is 29.4. The molecule has 4 heterocycles. The number of phosphoric ester groups is 1. The van der Waals surface area contributed by atoms with Crippen LogP contribution in [0.25, 0.3) is 0 Å². The number of thioether (sulfide) groups is 1. The fraction of sp³-hybridized carbons (Fsp3) is 0.357. The molecule has 1 spiro atoms. The first kappa shape index (κ1) is 27.6. The molecule has 42 heavy (non-hydrogen) atoms. The summed E-state index contributed by atoms with van der Waals surface area (Å²) in [4.78, 5) is 48.0. The summed E-state index contributed by atoms with van der Waals surface area (Å²) in [6, 6.07) is 10.8. The highest BCUT2D eigenvalue weighted by atomic mass is 32.2. The molecule has 14 heteroatoms. The van der Waals surface area contributed by atoms with Gasteiger partial charge in [-0.2, -0.15) is 0 Å². The Morgan fingerprint density at radius 2 is 1.83 bits per heavy atom. The lowest BCUT2D eigenvalue weighted by Crippen LogP contribution is -2.65. The monoisotopic (exact) mass is 617 g/mol. The van der Waals surface area contributed by atoms with Crippen molar-refractivity contribution in [3.8, 4) is 5.75 Å². The number of halogens is 2. The second-order valence-corrected chi connectivity index (χ2v) is 13.3. The van der Waals surface area contributed by atoms with E-state index in [2.05, 4.69) is 4.52 Å². The highest BCUT2D eigenvalue weighted by molar-refractivity contribution is 7.98. The van der Waals surface area contributed by atoms with Crippen LogP contribution < -0.4 is 15.2 Å². The van der Waals surface area contributed by atoms with Crippen molar-refractivity contribution in [1.29, 1.82) is 0 Å². The van der Waals surface area contributed by atoms with Gasteiger partial charge in [0.05, 0.1) is 6.04 Å². The Morgan fingerprint density at radius 1 is 1.05 bits per heavy atom. The number of carbonyl (C=O) groups excluding carboxylic acids is 1. The van der Waals surface area contributed by atoms with Crippen molar-refractivity contribution in [3.05, 3.63) is 92.9 Å². The minimum atomic E-state index is -4.92. The highest BCUT2D eigenvalue weighted by Crippen LogP contribution is 2.55. The van der Waals surface area contributed by atoms with Gasteiger partial charge in [-0.15, -0.1) is 11.8 Å². The Labute approximate surface area is 243 Å². The van der Waals surface area contributed by atoms with Gasteiger partial charge in [-0.1, -0.05) is 24.3 Å². The number of pyridine rings is 1. The summed E-state index contributed by atoms with van der Waals surface area (Å²) in [6.07, 6.45) is 4.40. The zero-order valence-corrected chi connectivity index (χ0v) is 23.8. The Morgan fingerprint density at radius 3 is 2.60 bits per heavy atom. The minimum absolute atomic E-state index is 0.00994. The van der Waals surface area contributed by atoms with E-state index in [0.29, 0.717) is 18.5 Å². The maximum atomic E-state index is 15.4. The van der Waals surface area contributed by atoms with Crippen molar-refractivity contribution in [2.24, 2.45) is 5.41 Å². The summed E-state index contributed by atoms with van der Waals surface area (Å²) in [6.45, 7) is -0.518. The minimum Gasteiger partial charge on any atom is -0.460 e. The third-order valence-electron chi connectivity index (χ3n) is 8.61. The summed E-state index contributed by atoms with van der Waals surface area (Å²) >= 11 is 1.39. The molecule has 1 saturated carbocycles. The van der Waals surface area contributed by atoms with Crippen molar-refractivity contribution in [1.82, 2.24) is 9.58 Å². The lowest BCUT2D eigenvalue weighted by Gasteiger charge is -2.53. The average molecular weight is 618 g/mol. The van der Waals surface area contributed by atoms with Gasteiger partial charge in [0.1, 0.15) is 6.17 Å². The van der Waals surface area contributed by atoms with E-state index in [4.69, 9.17) is 14.5 Å². The molecule has 220 valence electrons. The molecule has 0 bridgehead atoms. The summed E-state index contributed by atoms with van der Waals surface area (Å²) in [5.41, 5.74) is 0.752. The molecule has 1 amide bonds. The third kappa shape index (κ3) is 4.55. The first-order chi connectivity index (χ1) is 20.1. The molecule has 10 nitrogen and oxygen atoms in total. The smallest absolute Gasteiger partial charge is 0.460 e. The van der Waals surface area contributed by atoms with Crippen molar-refractivity contribution in [2.45, 2.75) is 48.5 Å². The molecule has 3 aliphatic heterocycles. The molecule has 1 saturated heterocycles. The van der Waals surface area contributed by atoms with Gasteiger partial charge < -0.3 is 19.4 Å². The molecule has 2 N–H and O–H groups in total. The largest absolute Gasteiger partial charge is 0.472 e. The van der Waals surface area contributed by atoms with Gasteiger partial charge in [0.2, 0.25) is 18.0 Å². The molecule has 1 aromatic heterocycles. The normalized spacial score (nSPS) is 22.1. The highest BCUT2D eigenvalue weighted by Gasteiger charge is 2.54. The van der Waals surface area contributed by atoms with E-state index in [1.165, 1.54) is 28.7 Å². The van der Waals surface area contributed by atoms with Crippen LogP contribution in [0.4, 0.5) is 8.78 Å². The SMILES string of the molecule is O=C1c2c(OCOP(=O)(O)O)c(=O)ccn2N([C@@H]2c3ccccc3SCc3c2ccc(F)c3F)[C@@H]2CCC3(CC3)CN12. The first-order valence-corrected chi connectivity index (χ1v) is 16.0. The van der Waals surface area contributed by atoms with Crippen LogP contribution in [-0.2, 0) is 14.8 Å². The number of carbonyl (C=O) groups is 1. The molecule has 2 fully saturated rings. The maximum absolute atomic E-state index is 15.4. The summed E-state index contributed by atoms with van der Waals surface area (Å²) in [5.74, 6) is -2.57. The molecule has 0 unspecified atom stereocenters. The van der Waals surface area contributed by atoms with Crippen molar-refractivity contribution < 1.29 is 37.2 Å². The van der Waals surface area contributed by atoms with E-state index in [9.17, 15) is 18.5 Å². The number of hydrogen-bond acceptors (Lipinski definition) is 7. The second-order valence-electron chi connectivity index (χ2n) is 11.1. The number of amides is 1. The van der Waals surface area contributed by atoms with Crippen LogP contribution >= 0.6 is 19.6 Å². The van der Waals surface area contributed by atoms with Gasteiger partial charge in [0, 0.05) is 35.0 Å². The Balaban J connectivity index is 1.45. The lowest BCUT2D eigenvalue weighted by atomic mass is 9.88. The Kier molecular flexibility index (Phi) is 6.52. The van der Waals surface area contributed by atoms with E-state index in [1.807, 2.05) is 29.3 Å². The first-order valence-electron chi connectivity index (χ1n) is 13.4. The molecule has 0 radical (unpaired) electrons. The van der Waals surface area contributed by atoms with Gasteiger partial charge in [-0.3, -0.25) is 19.3 Å². The number of fused-ring (bicyclic) bond motifs is 4. The summed E-state index contributed by atoms with van der Waals surface area (Å²) < 4.78 is 52.5. The van der Waals surface area contributed by atoms with Gasteiger partial charge in [0.25, 0.3) is 5.91 Å². The van der Waals surface area contributed by atoms with E-state index < -0.39 is 55.5 Å². The van der Waals surface area contributed by atoms with Crippen molar-refractivity contribution in [3.63, 3.8) is 0 Å². The maximum Gasteiger partial charge on any atom is 0.472 e. The number of rotatable bonds is 5. The van der Waals surface area contributed by atoms with Gasteiger partial charge in [-0.05, 0) is 54.4 Å². The van der Waals surface area contributed by atoms with E-state index in [0.717, 1.165) is 35.8 Å². The molecule has 3 aromatic rings. The number of phosphoric acid groups is 1. The number of aromatic nitrogens is 1. The quantitative estimate of drug-likeness (QED) is 0.320. The van der Waals surface area contributed by atoms with Crippen LogP contribution in [0.3, 0.4) is 0 Å². The Hall–Kier alpha value is -3.22. The van der Waals surface area contributed by atoms with E-state index in [-0.39, 0.29) is 22.4 Å². The fourth-order valence-electron chi connectivity index (χ4n) is 6.42. The fourth-order valence-corrected chi connectivity index (χ4v) is 7.73. The number of nitrogens with zero attached hydrogens (tertiary/aromatic N) is 3. The van der Waals surface area contributed by atoms with Crippen LogP contribution in [0, 0.1) is 17.0 Å². The summed E-state index contributed by atoms with van der Waals surface area (Å²) in [7, 11) is -4.92. The van der Waals surface area contributed by atoms with Crippen LogP contribution in [0.5, 0.6) is 5.75 Å². The molecular weight excluding hydrogens is 591 g/mol. The predicted octanol–water partition coefficient (Wildman–Crippen LogP) is 4.26. The summed E-state index contributed by atoms with van der Waals surface area (Å²) in [5, 5.41) is 1.92. The number of benzene rings is 2. The number of piperidine rings is 1. The lowest BCUT2D eigenvalue weighted by molar-refractivity contribution is 0.0311. The predicted molar refractivity (Wildman–Crippen MR) is 147 cm³/mol. The third-order valence-corrected chi connectivity index (χ3v) is 10.2. The zero-order valence-electron chi connectivity index (χ0n) is 22.1. The number of ether oxygens (including phenoxy) is 1. The van der Waals surface area contributed by atoms with Crippen molar-refractivity contribution in [2.75, 3.05) is 18.3 Å². The number of hydrogen-bond donors (Lipinski definition) is 2. The van der Waals surface area contributed by atoms with Crippen LogP contribution in [-0.4, -0.2) is 44.8 Å². The molecular formula is C28H26F2N3O7PS. The van der Waals surface area contributed by atoms with E-state index >= 15 is 4.39 Å². The van der Waals surface area contributed by atoms with Gasteiger partial charge in [0.15, 0.2) is 17.3 Å². The van der Waals surface area contributed by atoms with Crippen LogP contribution in [0.15, 0.2) is 58.4 Å². The molecule has 2 aromatic carbocycles. The Bertz CT molecular complexity index is 1730. The standard InChI is InChI=1S/C28H26F2N3O7PS/c29-19-6-5-16-18(23(19)30)13-42-21-4-2-1-3-17(21)24(16)33-22-7-9-28(10-11-28)14-31(22)27(35)25-26(20(34)8-12-32(25)33)39-15-40-41(36,37)38/h1-6,8,12,22,24H,7,9-11,13-15H2,(H2,36,37,38)/t22-,24+/m1/s1. The van der Waals surface area contributed by atoms with Crippen molar-refractivity contribution >= 4 is 25.5 Å². The molecule has 7 rings (SSSR count). The second kappa shape index (κ2) is 9.92. The van der Waals surface area contributed by atoms with Gasteiger partial charge in [-0.25, -0.2) is 17.9 Å². The average Bonchev–Trinajstić information content (AvgIpc) is 3.73.